The standard InChI is InChI=1S/C43H44N8O6/c1-22(2)36-37(52)34(41-46-28-10-8-9-11-29(28)47-41)39(44)50(36)24-17-26(55-6)19-27(18-24)57-21-23-12-14-30-31(16-23)49-42(48-30)35-38(53)43(3,4)51(40(35)45)32-15-13-25(54-5)20-33(32)56-7/h8-20,22,35,45,52H,21,44H2,1-7H3,(H,46,47)(H,48,49). The molecule has 0 radical (unpaired) electrons. The molecule has 6 N–H and O–H groups in total. The molecular formula is C43H44N8O6. The van der Waals surface area contributed by atoms with E-state index in [1.807, 2.05) is 73.0 Å². The topological polar surface area (TPSA) is 190 Å². The predicted molar refractivity (Wildman–Crippen MR) is 220 cm³/mol. The maximum atomic E-state index is 14.0. The Bertz CT molecular complexity index is 2670. The van der Waals surface area contributed by atoms with Crippen molar-refractivity contribution in [2.75, 3.05) is 32.0 Å². The molecule has 1 atom stereocenters. The molecule has 0 aliphatic carbocycles. The van der Waals surface area contributed by atoms with Crippen LogP contribution in [0.3, 0.4) is 0 Å². The first-order valence-corrected chi connectivity index (χ1v) is 18.5. The number of nitrogen functional groups attached to an aromatic ring is 1. The van der Waals surface area contributed by atoms with Crippen molar-refractivity contribution in [1.29, 1.82) is 5.41 Å². The van der Waals surface area contributed by atoms with Gasteiger partial charge in [-0.2, -0.15) is 0 Å². The molecular weight excluding hydrogens is 725 g/mol. The Balaban J connectivity index is 1.08. The summed E-state index contributed by atoms with van der Waals surface area (Å²) in [6, 6.07) is 24.1. The largest absolute Gasteiger partial charge is 0.505 e. The van der Waals surface area contributed by atoms with Gasteiger partial charge in [-0.3, -0.25) is 14.8 Å². The normalized spacial score (nSPS) is 15.3. The molecule has 0 bridgehead atoms. The first-order chi connectivity index (χ1) is 27.3. The van der Waals surface area contributed by atoms with E-state index in [1.54, 1.807) is 64.3 Å². The van der Waals surface area contributed by atoms with Crippen LogP contribution in [0.15, 0.2) is 78.9 Å². The van der Waals surface area contributed by atoms with E-state index in [-0.39, 0.29) is 29.9 Å². The van der Waals surface area contributed by atoms with Crippen molar-refractivity contribution in [2.24, 2.45) is 0 Å². The molecule has 1 aliphatic rings. The zero-order chi connectivity index (χ0) is 40.3. The number of ether oxygens (including phenoxy) is 4. The van der Waals surface area contributed by atoms with E-state index in [1.165, 1.54) is 0 Å². The average molecular weight is 769 g/mol. The third-order valence-corrected chi connectivity index (χ3v) is 10.6. The molecule has 1 aliphatic heterocycles. The van der Waals surface area contributed by atoms with Crippen LogP contribution in [0.1, 0.15) is 56.6 Å². The lowest BCUT2D eigenvalue weighted by Gasteiger charge is -2.32. The Hall–Kier alpha value is -6.96. The number of Topliss-reactive ketones (excluding diaryl/α,β-unsaturated/α-hetero) is 1. The number of carbonyl (C=O) groups is 1. The number of rotatable bonds is 11. The molecule has 57 heavy (non-hydrogen) atoms. The maximum Gasteiger partial charge on any atom is 0.176 e. The Labute approximate surface area is 328 Å². The van der Waals surface area contributed by atoms with Crippen LogP contribution in [0.25, 0.3) is 39.1 Å². The molecule has 4 aromatic carbocycles. The number of ketones is 1. The van der Waals surface area contributed by atoms with E-state index in [4.69, 9.17) is 34.6 Å². The quantitative estimate of drug-likeness (QED) is 0.0867. The van der Waals surface area contributed by atoms with Crippen molar-refractivity contribution >= 4 is 45.2 Å². The first kappa shape index (κ1) is 37.0. The van der Waals surface area contributed by atoms with Crippen LogP contribution in [0.5, 0.6) is 28.7 Å². The summed E-state index contributed by atoms with van der Waals surface area (Å²) in [5, 5.41) is 20.8. The van der Waals surface area contributed by atoms with Gasteiger partial charge in [0, 0.05) is 24.3 Å². The fraction of sp³-hybridized carbons (Fsp3) is 0.256. The highest BCUT2D eigenvalue weighted by molar-refractivity contribution is 6.26. The number of nitrogens with zero attached hydrogens (tertiary/aromatic N) is 4. The van der Waals surface area contributed by atoms with Crippen LogP contribution >= 0.6 is 0 Å². The van der Waals surface area contributed by atoms with Crippen LogP contribution in [0.4, 0.5) is 11.5 Å². The summed E-state index contributed by atoms with van der Waals surface area (Å²) in [7, 11) is 4.69. The number of aromatic amines is 2. The molecule has 0 saturated carbocycles. The van der Waals surface area contributed by atoms with Crippen molar-refractivity contribution in [3.8, 4) is 45.8 Å². The molecule has 1 saturated heterocycles. The summed E-state index contributed by atoms with van der Waals surface area (Å²) < 4.78 is 24.8. The van der Waals surface area contributed by atoms with Gasteiger partial charge in [-0.05, 0) is 61.7 Å². The first-order valence-electron chi connectivity index (χ1n) is 18.5. The average Bonchev–Trinajstić information content (AvgIpc) is 3.92. The molecule has 292 valence electrons. The molecule has 4 heterocycles. The van der Waals surface area contributed by atoms with Crippen LogP contribution < -0.4 is 29.6 Å². The number of H-pyrrole nitrogens is 2. The van der Waals surface area contributed by atoms with Gasteiger partial charge in [-0.1, -0.05) is 32.0 Å². The number of imidazole rings is 2. The summed E-state index contributed by atoms with van der Waals surface area (Å²) in [5.74, 6) is 2.27. The van der Waals surface area contributed by atoms with Crippen molar-refractivity contribution in [3.63, 3.8) is 0 Å². The minimum absolute atomic E-state index is 0.0465. The smallest absolute Gasteiger partial charge is 0.176 e. The van der Waals surface area contributed by atoms with Crippen LogP contribution in [-0.2, 0) is 11.4 Å². The summed E-state index contributed by atoms with van der Waals surface area (Å²) in [6.07, 6.45) is 0. The van der Waals surface area contributed by atoms with Crippen molar-refractivity contribution in [3.05, 3.63) is 95.9 Å². The van der Waals surface area contributed by atoms with Gasteiger partial charge < -0.3 is 44.7 Å². The number of methoxy groups -OCH3 is 3. The zero-order valence-corrected chi connectivity index (χ0v) is 32.7. The highest BCUT2D eigenvalue weighted by atomic mass is 16.5. The lowest BCUT2D eigenvalue weighted by Crippen LogP contribution is -2.44. The SMILES string of the molecule is COc1cc(OCc2ccc3nc(C4C(=N)N(c5ccc(OC)cc5OC)C(C)(C)C4=O)[nH]c3c2)cc(-n2c(N)c(-c3nc4ccccc4[nH]3)c(O)c2C(C)C)c1. The van der Waals surface area contributed by atoms with Gasteiger partial charge in [0.1, 0.15) is 75.7 Å². The Morgan fingerprint density at radius 3 is 2.33 bits per heavy atom. The van der Waals surface area contributed by atoms with E-state index in [2.05, 4.69) is 9.97 Å². The number of para-hydroxylation sites is 2. The summed E-state index contributed by atoms with van der Waals surface area (Å²) in [4.78, 5) is 31.8. The minimum atomic E-state index is -1.05. The number of carbonyl (C=O) groups excluding carboxylic acids is 1. The van der Waals surface area contributed by atoms with E-state index >= 15 is 0 Å². The van der Waals surface area contributed by atoms with Gasteiger partial charge in [0.15, 0.2) is 5.78 Å². The minimum Gasteiger partial charge on any atom is -0.505 e. The number of nitrogens with one attached hydrogen (secondary N) is 3. The Morgan fingerprint density at radius 2 is 1.61 bits per heavy atom. The Morgan fingerprint density at radius 1 is 0.877 bits per heavy atom. The number of benzene rings is 4. The second-order valence-electron chi connectivity index (χ2n) is 14.8. The number of hydrogen-bond acceptors (Lipinski definition) is 10. The molecule has 1 fully saturated rings. The van der Waals surface area contributed by atoms with Gasteiger partial charge in [-0.25, -0.2) is 9.97 Å². The molecule has 14 nitrogen and oxygen atoms in total. The van der Waals surface area contributed by atoms with Gasteiger partial charge >= 0.3 is 0 Å². The number of nitrogens with two attached hydrogens (primary N) is 1. The second-order valence-corrected chi connectivity index (χ2v) is 14.8. The molecule has 3 aromatic heterocycles. The number of aromatic nitrogens is 5. The lowest BCUT2D eigenvalue weighted by molar-refractivity contribution is -0.121. The summed E-state index contributed by atoms with van der Waals surface area (Å²) in [6.45, 7) is 7.77. The van der Waals surface area contributed by atoms with Gasteiger partial charge in [0.05, 0.1) is 60.5 Å². The maximum absolute atomic E-state index is 14.0. The van der Waals surface area contributed by atoms with Crippen LogP contribution in [0, 0.1) is 5.41 Å². The molecule has 8 rings (SSSR count). The fourth-order valence-corrected chi connectivity index (χ4v) is 7.74. The number of amidine groups is 1. The summed E-state index contributed by atoms with van der Waals surface area (Å²) >= 11 is 0. The lowest BCUT2D eigenvalue weighted by atomic mass is 9.93. The number of hydrogen-bond donors (Lipinski definition) is 5. The second kappa shape index (κ2) is 14.0. The van der Waals surface area contributed by atoms with Crippen molar-refractivity contribution in [2.45, 2.75) is 51.7 Å². The van der Waals surface area contributed by atoms with Gasteiger partial charge in [-0.15, -0.1) is 0 Å². The third kappa shape index (κ3) is 6.13. The number of fused-ring (bicyclic) bond motifs is 2. The monoisotopic (exact) mass is 768 g/mol. The van der Waals surface area contributed by atoms with E-state index < -0.39 is 11.5 Å². The van der Waals surface area contributed by atoms with Crippen LogP contribution in [0.2, 0.25) is 0 Å². The third-order valence-electron chi connectivity index (χ3n) is 10.6. The molecule has 7 aromatic rings. The molecule has 0 spiro atoms. The van der Waals surface area contributed by atoms with Crippen molar-refractivity contribution in [1.82, 2.24) is 24.5 Å². The van der Waals surface area contributed by atoms with Gasteiger partial charge in [0.2, 0.25) is 0 Å². The molecule has 1 unspecified atom stereocenters. The zero-order valence-electron chi connectivity index (χ0n) is 32.7. The number of anilines is 2. The van der Waals surface area contributed by atoms with E-state index in [9.17, 15) is 15.3 Å². The van der Waals surface area contributed by atoms with Crippen LogP contribution in [-0.4, -0.2) is 68.1 Å². The highest BCUT2D eigenvalue weighted by Crippen LogP contribution is 2.46. The summed E-state index contributed by atoms with van der Waals surface area (Å²) in [5.41, 5.74) is 11.8. The van der Waals surface area contributed by atoms with E-state index in [0.29, 0.717) is 74.1 Å². The number of aromatic hydroxyl groups is 1. The molecule has 14 heteroatoms. The molecule has 0 amide bonds. The Kier molecular flexibility index (Phi) is 9.06. The van der Waals surface area contributed by atoms with E-state index in [0.717, 1.165) is 16.6 Å². The van der Waals surface area contributed by atoms with Gasteiger partial charge in [0.25, 0.3) is 0 Å². The fourth-order valence-electron chi connectivity index (χ4n) is 7.74. The van der Waals surface area contributed by atoms with Crippen molar-refractivity contribution < 1.29 is 28.8 Å². The highest BCUT2D eigenvalue weighted by Gasteiger charge is 2.53. The predicted octanol–water partition coefficient (Wildman–Crippen LogP) is 7.84.